The van der Waals surface area contributed by atoms with Crippen LogP contribution in [0.15, 0.2) is 24.3 Å². The quantitative estimate of drug-likeness (QED) is 0.772. The Hall–Kier alpha value is -1.55. The number of aliphatic hydroxyl groups is 1. The van der Waals surface area contributed by atoms with Gasteiger partial charge in [-0.2, -0.15) is 0 Å². The number of aliphatic hydroxyl groups excluding tert-OH is 1. The number of para-hydroxylation sites is 1. The highest BCUT2D eigenvalue weighted by Crippen LogP contribution is 2.17. The predicted octanol–water partition coefficient (Wildman–Crippen LogP) is 1.51. The zero-order valence-corrected chi connectivity index (χ0v) is 11.0. The second-order valence-electron chi connectivity index (χ2n) is 4.24. The van der Waals surface area contributed by atoms with Gasteiger partial charge < -0.3 is 15.2 Å². The van der Waals surface area contributed by atoms with E-state index in [0.717, 1.165) is 17.7 Å². The van der Waals surface area contributed by atoms with Gasteiger partial charge in [-0.3, -0.25) is 4.79 Å². The van der Waals surface area contributed by atoms with Gasteiger partial charge in [0, 0.05) is 6.54 Å². The van der Waals surface area contributed by atoms with Crippen molar-refractivity contribution in [2.24, 2.45) is 0 Å². The van der Waals surface area contributed by atoms with E-state index in [2.05, 4.69) is 5.32 Å². The van der Waals surface area contributed by atoms with Gasteiger partial charge in [0.25, 0.3) is 5.91 Å². The average Bonchev–Trinajstić information content (AvgIpc) is 2.36. The summed E-state index contributed by atoms with van der Waals surface area (Å²) in [5, 5.41) is 11.8. The molecule has 0 saturated carbocycles. The van der Waals surface area contributed by atoms with Gasteiger partial charge in [0.05, 0.1) is 6.10 Å². The maximum Gasteiger partial charge on any atom is 0.257 e. The van der Waals surface area contributed by atoms with E-state index in [-0.39, 0.29) is 12.5 Å². The Labute approximate surface area is 108 Å². The lowest BCUT2D eigenvalue weighted by atomic mass is 10.1. The highest BCUT2D eigenvalue weighted by Gasteiger charge is 2.05. The van der Waals surface area contributed by atoms with E-state index in [9.17, 15) is 4.79 Å². The van der Waals surface area contributed by atoms with E-state index in [1.54, 1.807) is 6.92 Å². The van der Waals surface area contributed by atoms with Crippen molar-refractivity contribution in [2.45, 2.75) is 32.8 Å². The Kier molecular flexibility index (Phi) is 6.22. The minimum Gasteiger partial charge on any atom is -0.483 e. The molecule has 0 bridgehead atoms. The molecule has 1 atom stereocenters. The zero-order chi connectivity index (χ0) is 13.4. The van der Waals surface area contributed by atoms with Crippen LogP contribution >= 0.6 is 0 Å². The van der Waals surface area contributed by atoms with Crippen LogP contribution in [0.1, 0.15) is 25.8 Å². The molecule has 0 spiro atoms. The normalized spacial score (nSPS) is 11.9. The van der Waals surface area contributed by atoms with Crippen LogP contribution < -0.4 is 10.1 Å². The van der Waals surface area contributed by atoms with E-state index in [1.807, 2.05) is 31.2 Å². The smallest absolute Gasteiger partial charge is 0.257 e. The summed E-state index contributed by atoms with van der Waals surface area (Å²) in [6, 6.07) is 7.69. The molecule has 0 saturated heterocycles. The molecule has 100 valence electrons. The molecule has 0 heterocycles. The van der Waals surface area contributed by atoms with Crippen molar-refractivity contribution in [1.82, 2.24) is 5.32 Å². The fourth-order valence-corrected chi connectivity index (χ4v) is 1.55. The van der Waals surface area contributed by atoms with Crippen LogP contribution in [0, 0.1) is 0 Å². The molecular formula is C14H21NO3. The number of amides is 1. The van der Waals surface area contributed by atoms with Gasteiger partial charge in [0.2, 0.25) is 0 Å². The second kappa shape index (κ2) is 7.71. The molecule has 4 heteroatoms. The monoisotopic (exact) mass is 251 g/mol. The first kappa shape index (κ1) is 14.5. The number of aryl methyl sites for hydroxylation is 1. The maximum absolute atomic E-state index is 11.5. The van der Waals surface area contributed by atoms with Crippen LogP contribution in [-0.4, -0.2) is 30.3 Å². The summed E-state index contributed by atoms with van der Waals surface area (Å²) in [4.78, 5) is 11.5. The fourth-order valence-electron chi connectivity index (χ4n) is 1.55. The highest BCUT2D eigenvalue weighted by molar-refractivity contribution is 5.77. The molecule has 1 aromatic carbocycles. The van der Waals surface area contributed by atoms with Crippen LogP contribution in [0.5, 0.6) is 5.75 Å². The Morgan fingerprint density at radius 3 is 2.83 bits per heavy atom. The van der Waals surface area contributed by atoms with Crippen LogP contribution in [-0.2, 0) is 11.2 Å². The number of hydrogen-bond acceptors (Lipinski definition) is 3. The number of benzene rings is 1. The van der Waals surface area contributed by atoms with Crippen molar-refractivity contribution >= 4 is 5.91 Å². The number of carbonyl (C=O) groups is 1. The third-order valence-corrected chi connectivity index (χ3v) is 2.60. The fraction of sp³-hybridized carbons (Fsp3) is 0.500. The molecule has 18 heavy (non-hydrogen) atoms. The molecule has 4 nitrogen and oxygen atoms in total. The van der Waals surface area contributed by atoms with E-state index in [1.165, 1.54) is 0 Å². The molecule has 0 aliphatic carbocycles. The first-order valence-electron chi connectivity index (χ1n) is 6.29. The van der Waals surface area contributed by atoms with E-state index in [4.69, 9.17) is 9.84 Å². The maximum atomic E-state index is 11.5. The topological polar surface area (TPSA) is 58.6 Å². The largest absolute Gasteiger partial charge is 0.483 e. The molecule has 1 unspecified atom stereocenters. The Balaban J connectivity index is 2.33. The summed E-state index contributed by atoms with van der Waals surface area (Å²) < 4.78 is 5.47. The summed E-state index contributed by atoms with van der Waals surface area (Å²) in [5.41, 5.74) is 1.09. The summed E-state index contributed by atoms with van der Waals surface area (Å²) in [5.74, 6) is 0.590. The minimum absolute atomic E-state index is 0.0107. The zero-order valence-electron chi connectivity index (χ0n) is 11.0. The summed E-state index contributed by atoms with van der Waals surface area (Å²) in [6.07, 6.45) is 1.03. The molecule has 0 aliphatic heterocycles. The van der Waals surface area contributed by atoms with E-state index >= 15 is 0 Å². The van der Waals surface area contributed by atoms with Crippen molar-refractivity contribution in [1.29, 1.82) is 0 Å². The summed E-state index contributed by atoms with van der Waals surface area (Å²) >= 11 is 0. The molecule has 0 fully saturated rings. The van der Waals surface area contributed by atoms with Crippen LogP contribution in [0.25, 0.3) is 0 Å². The number of nitrogens with one attached hydrogen (secondary N) is 1. The van der Waals surface area contributed by atoms with Crippen molar-refractivity contribution in [2.75, 3.05) is 13.2 Å². The molecular weight excluding hydrogens is 230 g/mol. The number of rotatable bonds is 7. The molecule has 1 amide bonds. The van der Waals surface area contributed by atoms with Crippen molar-refractivity contribution in [3.63, 3.8) is 0 Å². The third-order valence-electron chi connectivity index (χ3n) is 2.60. The Morgan fingerprint density at radius 1 is 1.44 bits per heavy atom. The summed E-state index contributed by atoms with van der Waals surface area (Å²) in [6.45, 7) is 4.22. The van der Waals surface area contributed by atoms with E-state index in [0.29, 0.717) is 13.0 Å². The Bertz CT molecular complexity index is 377. The Morgan fingerprint density at radius 2 is 2.17 bits per heavy atom. The van der Waals surface area contributed by atoms with Gasteiger partial charge in [-0.05, 0) is 31.4 Å². The lowest BCUT2D eigenvalue weighted by molar-refractivity contribution is -0.123. The highest BCUT2D eigenvalue weighted by atomic mass is 16.5. The lowest BCUT2D eigenvalue weighted by Gasteiger charge is -2.10. The molecule has 2 N–H and O–H groups in total. The van der Waals surface area contributed by atoms with Crippen LogP contribution in [0.4, 0.5) is 0 Å². The van der Waals surface area contributed by atoms with Gasteiger partial charge in [-0.25, -0.2) is 0 Å². The van der Waals surface area contributed by atoms with Crippen molar-refractivity contribution < 1.29 is 14.6 Å². The second-order valence-corrected chi connectivity index (χ2v) is 4.24. The summed E-state index contributed by atoms with van der Waals surface area (Å²) in [7, 11) is 0. The van der Waals surface area contributed by atoms with Gasteiger partial charge >= 0.3 is 0 Å². The number of carbonyl (C=O) groups excluding carboxylic acids is 1. The molecule has 0 aromatic heterocycles. The third kappa shape index (κ3) is 5.19. The van der Waals surface area contributed by atoms with Crippen LogP contribution in [0.3, 0.4) is 0 Å². The first-order valence-corrected chi connectivity index (χ1v) is 6.29. The van der Waals surface area contributed by atoms with Gasteiger partial charge in [-0.1, -0.05) is 25.1 Å². The standard InChI is InChI=1S/C14H21NO3/c1-3-12-6-4-5-7-13(12)18-10-14(17)15-9-8-11(2)16/h4-7,11,16H,3,8-10H2,1-2H3,(H,15,17). The average molecular weight is 251 g/mol. The first-order chi connectivity index (χ1) is 8.63. The molecule has 1 rings (SSSR count). The minimum atomic E-state index is -0.396. The van der Waals surface area contributed by atoms with Gasteiger partial charge in [0.15, 0.2) is 6.61 Å². The molecule has 0 aliphatic rings. The number of ether oxygens (including phenoxy) is 1. The SMILES string of the molecule is CCc1ccccc1OCC(=O)NCCC(C)O. The van der Waals surface area contributed by atoms with E-state index < -0.39 is 6.10 Å². The molecule has 0 radical (unpaired) electrons. The lowest BCUT2D eigenvalue weighted by Crippen LogP contribution is -2.31. The van der Waals surface area contributed by atoms with Crippen LogP contribution in [0.2, 0.25) is 0 Å². The number of hydrogen-bond donors (Lipinski definition) is 2. The predicted molar refractivity (Wildman–Crippen MR) is 70.6 cm³/mol. The van der Waals surface area contributed by atoms with Gasteiger partial charge in [0.1, 0.15) is 5.75 Å². The van der Waals surface area contributed by atoms with Gasteiger partial charge in [-0.15, -0.1) is 0 Å². The van der Waals surface area contributed by atoms with Crippen molar-refractivity contribution in [3.05, 3.63) is 29.8 Å². The molecule has 1 aromatic rings. The van der Waals surface area contributed by atoms with Crippen molar-refractivity contribution in [3.8, 4) is 5.75 Å².